The first-order valence-electron chi connectivity index (χ1n) is 6.42. The van der Waals surface area contributed by atoms with Crippen molar-refractivity contribution in [3.63, 3.8) is 0 Å². The van der Waals surface area contributed by atoms with Crippen LogP contribution in [0.5, 0.6) is 0 Å². The molecule has 0 unspecified atom stereocenters. The maximum atomic E-state index is 4.69. The average Bonchev–Trinajstić information content (AvgIpc) is 2.72. The third-order valence-corrected chi connectivity index (χ3v) is 4.67. The van der Waals surface area contributed by atoms with Gasteiger partial charge in [-0.2, -0.15) is 16.9 Å². The molecule has 0 N–H and O–H groups in total. The molecule has 1 aromatic heterocycles. The van der Waals surface area contributed by atoms with Gasteiger partial charge in [0.15, 0.2) is 5.82 Å². The highest BCUT2D eigenvalue weighted by atomic mass is 32.2. The number of nitrogens with zero attached hydrogens (tertiary/aromatic N) is 3. The first kappa shape index (κ1) is 10.6. The summed E-state index contributed by atoms with van der Waals surface area (Å²) in [6, 6.07) is 0. The third-order valence-electron chi connectivity index (χ3n) is 3.62. The minimum Gasteiger partial charge on any atom is -0.250 e. The molecule has 0 radical (unpaired) electrons. The van der Waals surface area contributed by atoms with Crippen LogP contribution in [-0.2, 0) is 19.4 Å². The van der Waals surface area contributed by atoms with Crippen LogP contribution in [0.25, 0.3) is 0 Å². The monoisotopic (exact) mass is 237 g/mol. The Morgan fingerprint density at radius 3 is 2.94 bits per heavy atom. The summed E-state index contributed by atoms with van der Waals surface area (Å²) in [4.78, 5) is 4.69. The Balaban J connectivity index is 1.67. The van der Waals surface area contributed by atoms with Gasteiger partial charge in [0.1, 0.15) is 5.82 Å². The largest absolute Gasteiger partial charge is 0.250 e. The van der Waals surface area contributed by atoms with Crippen LogP contribution in [0.3, 0.4) is 0 Å². The SMILES string of the molecule is C1CCn2nc(CC3CCSCC3)nc2C1. The molecular weight excluding hydrogens is 218 g/mol. The lowest BCUT2D eigenvalue weighted by atomic mass is 9.99. The van der Waals surface area contributed by atoms with Gasteiger partial charge < -0.3 is 0 Å². The molecule has 3 nitrogen and oxygen atoms in total. The Morgan fingerprint density at radius 2 is 2.12 bits per heavy atom. The van der Waals surface area contributed by atoms with Crippen molar-refractivity contribution >= 4 is 11.8 Å². The van der Waals surface area contributed by atoms with Gasteiger partial charge in [-0.1, -0.05) is 0 Å². The van der Waals surface area contributed by atoms with Gasteiger partial charge in [0.25, 0.3) is 0 Å². The Bertz CT molecular complexity index is 332. The van der Waals surface area contributed by atoms with Gasteiger partial charge >= 0.3 is 0 Å². The fourth-order valence-electron chi connectivity index (χ4n) is 2.63. The minimum atomic E-state index is 0.839. The van der Waals surface area contributed by atoms with E-state index in [1.165, 1.54) is 43.0 Å². The summed E-state index contributed by atoms with van der Waals surface area (Å²) < 4.78 is 2.14. The van der Waals surface area contributed by atoms with Crippen LogP contribution in [0.1, 0.15) is 37.3 Å². The second-order valence-corrected chi connectivity index (χ2v) is 6.11. The van der Waals surface area contributed by atoms with Crippen LogP contribution >= 0.6 is 11.8 Å². The fourth-order valence-corrected chi connectivity index (χ4v) is 3.83. The summed E-state index contributed by atoms with van der Waals surface area (Å²) >= 11 is 2.09. The number of hydrogen-bond acceptors (Lipinski definition) is 3. The Labute approximate surface area is 101 Å². The van der Waals surface area contributed by atoms with E-state index in [0.29, 0.717) is 0 Å². The molecule has 16 heavy (non-hydrogen) atoms. The molecule has 1 fully saturated rings. The molecule has 0 aliphatic carbocycles. The Morgan fingerprint density at radius 1 is 1.25 bits per heavy atom. The summed E-state index contributed by atoms with van der Waals surface area (Å²) in [6.07, 6.45) is 7.52. The van der Waals surface area contributed by atoms with Crippen LogP contribution < -0.4 is 0 Å². The van der Waals surface area contributed by atoms with Gasteiger partial charge in [-0.15, -0.1) is 0 Å². The molecule has 0 atom stereocenters. The zero-order valence-electron chi connectivity index (χ0n) is 9.69. The number of fused-ring (bicyclic) bond motifs is 1. The predicted octanol–water partition coefficient (Wildman–Crippen LogP) is 2.30. The van der Waals surface area contributed by atoms with Crippen LogP contribution in [-0.4, -0.2) is 26.3 Å². The molecule has 1 saturated heterocycles. The molecule has 2 aliphatic heterocycles. The molecule has 0 aromatic carbocycles. The minimum absolute atomic E-state index is 0.839. The van der Waals surface area contributed by atoms with E-state index in [1.54, 1.807) is 0 Å². The molecule has 0 spiro atoms. The third kappa shape index (κ3) is 2.26. The van der Waals surface area contributed by atoms with Crippen LogP contribution in [0.4, 0.5) is 0 Å². The van der Waals surface area contributed by atoms with E-state index in [4.69, 9.17) is 0 Å². The summed E-state index contributed by atoms with van der Waals surface area (Å²) in [7, 11) is 0. The average molecular weight is 237 g/mol. The zero-order valence-corrected chi connectivity index (χ0v) is 10.5. The molecule has 3 rings (SSSR count). The second kappa shape index (κ2) is 4.78. The van der Waals surface area contributed by atoms with Crippen LogP contribution in [0, 0.1) is 5.92 Å². The van der Waals surface area contributed by atoms with E-state index in [9.17, 15) is 0 Å². The number of rotatable bonds is 2. The van der Waals surface area contributed by atoms with Crippen molar-refractivity contribution in [2.24, 2.45) is 5.92 Å². The molecule has 88 valence electrons. The first-order valence-corrected chi connectivity index (χ1v) is 7.57. The molecule has 2 aliphatic rings. The topological polar surface area (TPSA) is 30.7 Å². The van der Waals surface area contributed by atoms with E-state index in [1.807, 2.05) is 0 Å². The van der Waals surface area contributed by atoms with Crippen LogP contribution in [0.2, 0.25) is 0 Å². The standard InChI is InChI=1S/C12H19N3S/c1-2-6-15-12(3-1)13-11(14-15)9-10-4-7-16-8-5-10/h10H,1-9H2. The highest BCUT2D eigenvalue weighted by Gasteiger charge is 2.19. The van der Waals surface area contributed by atoms with Crippen molar-refractivity contribution in [2.75, 3.05) is 11.5 Å². The van der Waals surface area contributed by atoms with Crippen LogP contribution in [0.15, 0.2) is 0 Å². The molecule has 0 amide bonds. The summed E-state index contributed by atoms with van der Waals surface area (Å²) in [5, 5.41) is 4.64. The Kier molecular flexibility index (Phi) is 3.18. The van der Waals surface area contributed by atoms with E-state index in [0.717, 1.165) is 31.1 Å². The smallest absolute Gasteiger partial charge is 0.151 e. The van der Waals surface area contributed by atoms with E-state index >= 15 is 0 Å². The van der Waals surface area contributed by atoms with Gasteiger partial charge in [-0.05, 0) is 43.1 Å². The summed E-state index contributed by atoms with van der Waals surface area (Å²) in [5.74, 6) is 5.84. The molecular formula is C12H19N3S. The van der Waals surface area contributed by atoms with E-state index in [-0.39, 0.29) is 0 Å². The fraction of sp³-hybridized carbons (Fsp3) is 0.833. The number of aryl methyl sites for hydroxylation is 2. The molecule has 0 saturated carbocycles. The van der Waals surface area contributed by atoms with Gasteiger partial charge in [0, 0.05) is 19.4 Å². The van der Waals surface area contributed by atoms with Crippen molar-refractivity contribution in [2.45, 2.75) is 45.1 Å². The second-order valence-electron chi connectivity index (χ2n) is 4.88. The lowest BCUT2D eigenvalue weighted by Gasteiger charge is -2.19. The summed E-state index contributed by atoms with van der Waals surface area (Å²) in [6.45, 7) is 1.09. The normalized spacial score (nSPS) is 22.0. The van der Waals surface area contributed by atoms with Crippen molar-refractivity contribution in [1.82, 2.24) is 14.8 Å². The van der Waals surface area contributed by atoms with Crippen molar-refractivity contribution in [1.29, 1.82) is 0 Å². The van der Waals surface area contributed by atoms with Crippen molar-refractivity contribution in [3.8, 4) is 0 Å². The quantitative estimate of drug-likeness (QED) is 0.791. The lowest BCUT2D eigenvalue weighted by molar-refractivity contribution is 0.461. The highest BCUT2D eigenvalue weighted by molar-refractivity contribution is 7.99. The number of thioether (sulfide) groups is 1. The van der Waals surface area contributed by atoms with Gasteiger partial charge in [-0.25, -0.2) is 9.67 Å². The molecule has 3 heterocycles. The van der Waals surface area contributed by atoms with Gasteiger partial charge in [0.05, 0.1) is 0 Å². The molecule has 4 heteroatoms. The first-order chi connectivity index (χ1) is 7.92. The van der Waals surface area contributed by atoms with E-state index in [2.05, 4.69) is 26.5 Å². The maximum absolute atomic E-state index is 4.69. The maximum Gasteiger partial charge on any atom is 0.151 e. The molecule has 0 bridgehead atoms. The lowest BCUT2D eigenvalue weighted by Crippen LogP contribution is -2.13. The zero-order chi connectivity index (χ0) is 10.8. The van der Waals surface area contributed by atoms with Gasteiger partial charge in [0.2, 0.25) is 0 Å². The summed E-state index contributed by atoms with van der Waals surface area (Å²) in [5.41, 5.74) is 0. The van der Waals surface area contributed by atoms with Gasteiger partial charge in [-0.3, -0.25) is 0 Å². The van der Waals surface area contributed by atoms with Crippen molar-refractivity contribution < 1.29 is 0 Å². The number of hydrogen-bond donors (Lipinski definition) is 0. The predicted molar refractivity (Wildman–Crippen MR) is 66.7 cm³/mol. The van der Waals surface area contributed by atoms with Crippen molar-refractivity contribution in [3.05, 3.63) is 11.6 Å². The number of aromatic nitrogens is 3. The van der Waals surface area contributed by atoms with E-state index < -0.39 is 0 Å². The Hall–Kier alpha value is -0.510. The molecule has 1 aromatic rings. The highest BCUT2D eigenvalue weighted by Crippen LogP contribution is 2.25.